The van der Waals surface area contributed by atoms with E-state index in [1.807, 2.05) is 0 Å². The molecular formula is C22H18ClNO5. The third-order valence-electron chi connectivity index (χ3n) is 4.05. The van der Waals surface area contributed by atoms with E-state index in [-0.39, 0.29) is 17.9 Å². The predicted molar refractivity (Wildman–Crippen MR) is 111 cm³/mol. The van der Waals surface area contributed by atoms with Gasteiger partial charge in [0.1, 0.15) is 18.0 Å². The summed E-state index contributed by atoms with van der Waals surface area (Å²) in [6, 6.07) is 16.5. The molecule has 2 N–H and O–H groups in total. The maximum absolute atomic E-state index is 11.1. The van der Waals surface area contributed by atoms with Gasteiger partial charge in [-0.3, -0.25) is 4.99 Å². The molecule has 0 spiro atoms. The average Bonchev–Trinajstić information content (AvgIpc) is 2.72. The molecule has 0 fully saturated rings. The van der Waals surface area contributed by atoms with Crippen molar-refractivity contribution in [2.75, 3.05) is 7.11 Å². The summed E-state index contributed by atoms with van der Waals surface area (Å²) in [4.78, 5) is 15.3. The lowest BCUT2D eigenvalue weighted by Gasteiger charge is -2.11. The standard InChI is InChI=1S/C22H18ClNO5/c1-28-21-10-14(12-24-18-7-6-17(23)11-19(18)25)5-8-20(21)29-13-15-3-2-4-16(9-15)22(26)27/h2-12,25H,13H2,1H3,(H,26,27). The van der Waals surface area contributed by atoms with Crippen LogP contribution in [0.4, 0.5) is 5.69 Å². The molecular weight excluding hydrogens is 394 g/mol. The van der Waals surface area contributed by atoms with E-state index in [1.54, 1.807) is 54.7 Å². The second-order valence-corrected chi connectivity index (χ2v) is 6.53. The van der Waals surface area contributed by atoms with Gasteiger partial charge >= 0.3 is 5.97 Å². The first kappa shape index (κ1) is 20.2. The fourth-order valence-electron chi connectivity index (χ4n) is 2.59. The number of benzene rings is 3. The second kappa shape index (κ2) is 9.12. The molecule has 0 amide bonds. The van der Waals surface area contributed by atoms with Crippen LogP contribution in [0, 0.1) is 0 Å². The summed E-state index contributed by atoms with van der Waals surface area (Å²) in [5.74, 6) is 0.0208. The Hall–Kier alpha value is -3.51. The molecule has 7 heteroatoms. The molecule has 3 aromatic rings. The molecule has 0 aliphatic heterocycles. The molecule has 0 saturated carbocycles. The van der Waals surface area contributed by atoms with Gasteiger partial charge in [-0.05, 0) is 53.6 Å². The molecule has 0 heterocycles. The average molecular weight is 412 g/mol. The van der Waals surface area contributed by atoms with Gasteiger partial charge in [-0.15, -0.1) is 0 Å². The molecule has 3 rings (SSSR count). The minimum Gasteiger partial charge on any atom is -0.506 e. The number of aromatic hydroxyl groups is 1. The van der Waals surface area contributed by atoms with Crippen molar-refractivity contribution in [2.45, 2.75) is 6.61 Å². The number of phenolic OH excluding ortho intramolecular Hbond substituents is 1. The Morgan fingerprint density at radius 2 is 1.93 bits per heavy atom. The first-order chi connectivity index (χ1) is 14.0. The molecule has 6 nitrogen and oxygen atoms in total. The fourth-order valence-corrected chi connectivity index (χ4v) is 2.76. The van der Waals surface area contributed by atoms with Crippen molar-refractivity contribution in [3.05, 3.63) is 82.4 Å². The summed E-state index contributed by atoms with van der Waals surface area (Å²) in [7, 11) is 1.53. The highest BCUT2D eigenvalue weighted by atomic mass is 35.5. The number of aromatic carboxylic acids is 1. The maximum atomic E-state index is 11.1. The highest BCUT2D eigenvalue weighted by Gasteiger charge is 2.08. The Bertz CT molecular complexity index is 1060. The highest BCUT2D eigenvalue weighted by molar-refractivity contribution is 6.30. The lowest BCUT2D eigenvalue weighted by Crippen LogP contribution is -2.01. The molecule has 0 radical (unpaired) electrons. The number of aliphatic imine (C=N–C) groups is 1. The maximum Gasteiger partial charge on any atom is 0.335 e. The largest absolute Gasteiger partial charge is 0.506 e. The summed E-state index contributed by atoms with van der Waals surface area (Å²) in [6.45, 7) is 0.198. The smallest absolute Gasteiger partial charge is 0.335 e. The van der Waals surface area contributed by atoms with Crippen molar-refractivity contribution < 1.29 is 24.5 Å². The summed E-state index contributed by atoms with van der Waals surface area (Å²) in [5, 5.41) is 19.4. The van der Waals surface area contributed by atoms with E-state index in [9.17, 15) is 9.90 Å². The Morgan fingerprint density at radius 1 is 1.10 bits per heavy atom. The van der Waals surface area contributed by atoms with Gasteiger partial charge < -0.3 is 19.7 Å². The van der Waals surface area contributed by atoms with Gasteiger partial charge in [0.25, 0.3) is 0 Å². The number of carbonyl (C=O) groups is 1. The Morgan fingerprint density at radius 3 is 2.66 bits per heavy atom. The summed E-state index contributed by atoms with van der Waals surface area (Å²) in [5.41, 5.74) is 2.08. The van der Waals surface area contributed by atoms with Gasteiger partial charge in [0.2, 0.25) is 0 Å². The lowest BCUT2D eigenvalue weighted by atomic mass is 10.1. The highest BCUT2D eigenvalue weighted by Crippen LogP contribution is 2.31. The first-order valence-electron chi connectivity index (χ1n) is 8.62. The predicted octanol–water partition coefficient (Wildman–Crippen LogP) is 5.08. The molecule has 0 aliphatic rings. The SMILES string of the molecule is COc1cc(C=Nc2ccc(Cl)cc2O)ccc1OCc1cccc(C(=O)O)c1. The number of ether oxygens (including phenoxy) is 2. The van der Waals surface area contributed by atoms with Crippen LogP contribution >= 0.6 is 11.6 Å². The van der Waals surface area contributed by atoms with E-state index in [0.29, 0.717) is 22.2 Å². The van der Waals surface area contributed by atoms with E-state index in [4.69, 9.17) is 26.2 Å². The van der Waals surface area contributed by atoms with Crippen LogP contribution in [0.15, 0.2) is 65.7 Å². The number of hydrogen-bond acceptors (Lipinski definition) is 5. The van der Waals surface area contributed by atoms with Crippen LogP contribution < -0.4 is 9.47 Å². The van der Waals surface area contributed by atoms with Crippen LogP contribution in [-0.2, 0) is 6.61 Å². The molecule has 0 atom stereocenters. The van der Waals surface area contributed by atoms with E-state index < -0.39 is 5.97 Å². The van der Waals surface area contributed by atoms with E-state index in [1.165, 1.54) is 19.2 Å². The minimum atomic E-state index is -0.986. The number of halogens is 1. The van der Waals surface area contributed by atoms with Gasteiger partial charge in [-0.2, -0.15) is 0 Å². The number of hydrogen-bond donors (Lipinski definition) is 2. The van der Waals surface area contributed by atoms with Crippen LogP contribution in [0.25, 0.3) is 0 Å². The zero-order valence-corrected chi connectivity index (χ0v) is 16.3. The first-order valence-corrected chi connectivity index (χ1v) is 8.99. The molecule has 29 heavy (non-hydrogen) atoms. The normalized spacial score (nSPS) is 10.8. The number of nitrogens with zero attached hydrogens (tertiary/aromatic N) is 1. The fraction of sp³-hybridized carbons (Fsp3) is 0.0909. The summed E-state index contributed by atoms with van der Waals surface area (Å²) < 4.78 is 11.2. The number of phenols is 1. The van der Waals surface area contributed by atoms with Crippen molar-refractivity contribution in [3.63, 3.8) is 0 Å². The Balaban J connectivity index is 1.74. The number of rotatable bonds is 7. The van der Waals surface area contributed by atoms with Gasteiger partial charge in [0.05, 0.1) is 12.7 Å². The van der Waals surface area contributed by atoms with Gasteiger partial charge in [0.15, 0.2) is 11.5 Å². The molecule has 0 saturated heterocycles. The number of carboxylic acid groups (broad SMARTS) is 1. The molecule has 3 aromatic carbocycles. The van der Waals surface area contributed by atoms with E-state index in [0.717, 1.165) is 11.1 Å². The topological polar surface area (TPSA) is 88.4 Å². The zero-order valence-electron chi connectivity index (χ0n) is 15.5. The van der Waals surface area contributed by atoms with Crippen LogP contribution in [0.3, 0.4) is 0 Å². The number of carboxylic acids is 1. The monoisotopic (exact) mass is 411 g/mol. The zero-order chi connectivity index (χ0) is 20.8. The molecule has 0 unspecified atom stereocenters. The van der Waals surface area contributed by atoms with Crippen LogP contribution in [-0.4, -0.2) is 29.5 Å². The lowest BCUT2D eigenvalue weighted by molar-refractivity contribution is 0.0696. The molecule has 0 bridgehead atoms. The van der Waals surface area contributed by atoms with Crippen molar-refractivity contribution in [3.8, 4) is 17.2 Å². The van der Waals surface area contributed by atoms with Gasteiger partial charge in [0, 0.05) is 17.3 Å². The quantitative estimate of drug-likeness (QED) is 0.529. The van der Waals surface area contributed by atoms with Gasteiger partial charge in [-0.1, -0.05) is 23.7 Å². The van der Waals surface area contributed by atoms with Gasteiger partial charge in [-0.25, -0.2) is 4.79 Å². The third-order valence-corrected chi connectivity index (χ3v) is 4.28. The van der Waals surface area contributed by atoms with Crippen molar-refractivity contribution in [1.29, 1.82) is 0 Å². The number of methoxy groups -OCH3 is 1. The van der Waals surface area contributed by atoms with E-state index in [2.05, 4.69) is 4.99 Å². The summed E-state index contributed by atoms with van der Waals surface area (Å²) in [6.07, 6.45) is 1.59. The third kappa shape index (κ3) is 5.27. The van der Waals surface area contributed by atoms with Crippen LogP contribution in [0.5, 0.6) is 17.2 Å². The van der Waals surface area contributed by atoms with E-state index >= 15 is 0 Å². The molecule has 0 aliphatic carbocycles. The van der Waals surface area contributed by atoms with Crippen LogP contribution in [0.2, 0.25) is 5.02 Å². The molecule has 0 aromatic heterocycles. The Kier molecular flexibility index (Phi) is 6.36. The minimum absolute atomic E-state index is 0.00994. The molecule has 148 valence electrons. The van der Waals surface area contributed by atoms with Crippen molar-refractivity contribution in [1.82, 2.24) is 0 Å². The summed E-state index contributed by atoms with van der Waals surface area (Å²) >= 11 is 5.82. The van der Waals surface area contributed by atoms with Crippen molar-refractivity contribution >= 4 is 29.5 Å². The van der Waals surface area contributed by atoms with Crippen LogP contribution in [0.1, 0.15) is 21.5 Å². The Labute approximate surface area is 172 Å². The second-order valence-electron chi connectivity index (χ2n) is 6.10. The van der Waals surface area contributed by atoms with Crippen molar-refractivity contribution in [2.24, 2.45) is 4.99 Å².